The lowest BCUT2D eigenvalue weighted by molar-refractivity contribution is -0.135. The Balaban J connectivity index is 4.28. The highest BCUT2D eigenvalue weighted by Gasteiger charge is 2.23. The first-order valence-electron chi connectivity index (χ1n) is 6.13. The van der Waals surface area contributed by atoms with Crippen molar-refractivity contribution in [1.82, 2.24) is 4.90 Å². The molecule has 0 saturated heterocycles. The molecule has 4 heteroatoms. The molecule has 0 rings (SSSR count). The van der Waals surface area contributed by atoms with Gasteiger partial charge in [-0.25, -0.2) is 0 Å². The normalized spacial score (nSPS) is 14.6. The van der Waals surface area contributed by atoms with E-state index < -0.39 is 0 Å². The van der Waals surface area contributed by atoms with E-state index in [9.17, 15) is 4.79 Å². The van der Waals surface area contributed by atoms with Gasteiger partial charge in [-0.15, -0.1) is 0 Å². The van der Waals surface area contributed by atoms with Crippen molar-refractivity contribution in [3.63, 3.8) is 0 Å². The number of likely N-dealkylation sites (N-methyl/N-ethyl adjacent to an activating group) is 1. The van der Waals surface area contributed by atoms with E-state index >= 15 is 0 Å². The van der Waals surface area contributed by atoms with Crippen LogP contribution in [0.25, 0.3) is 0 Å². The van der Waals surface area contributed by atoms with Crippen molar-refractivity contribution in [3.8, 4) is 0 Å². The van der Waals surface area contributed by atoms with Gasteiger partial charge in [-0.2, -0.15) is 0 Å². The van der Waals surface area contributed by atoms with Crippen LogP contribution in [0.2, 0.25) is 0 Å². The van der Waals surface area contributed by atoms with Crippen molar-refractivity contribution in [2.24, 2.45) is 5.73 Å². The molecule has 0 aliphatic heterocycles. The van der Waals surface area contributed by atoms with E-state index in [1.807, 2.05) is 13.8 Å². The molecule has 0 aromatic heterocycles. The van der Waals surface area contributed by atoms with Gasteiger partial charge in [0.1, 0.15) is 0 Å². The Morgan fingerprint density at radius 2 is 2.06 bits per heavy atom. The van der Waals surface area contributed by atoms with Crippen molar-refractivity contribution < 1.29 is 9.53 Å². The summed E-state index contributed by atoms with van der Waals surface area (Å²) in [4.78, 5) is 13.8. The highest BCUT2D eigenvalue weighted by Crippen LogP contribution is 2.06. The maximum Gasteiger partial charge on any atom is 0.239 e. The highest BCUT2D eigenvalue weighted by molar-refractivity contribution is 5.81. The van der Waals surface area contributed by atoms with Crippen molar-refractivity contribution in [1.29, 1.82) is 0 Å². The van der Waals surface area contributed by atoms with Crippen molar-refractivity contribution >= 4 is 5.91 Å². The van der Waals surface area contributed by atoms with Gasteiger partial charge in [0.05, 0.1) is 18.7 Å². The lowest BCUT2D eigenvalue weighted by Gasteiger charge is -2.30. The van der Waals surface area contributed by atoms with Gasteiger partial charge in [0.25, 0.3) is 0 Å². The number of nitrogens with two attached hydrogens (primary N) is 1. The SMILES string of the molecule is CCCC[C@H](N)C(=O)N(CC)C(C)COC. The summed E-state index contributed by atoms with van der Waals surface area (Å²) in [6.07, 6.45) is 2.84. The topological polar surface area (TPSA) is 55.6 Å². The minimum absolute atomic E-state index is 0.0421. The molecule has 16 heavy (non-hydrogen) atoms. The smallest absolute Gasteiger partial charge is 0.239 e. The molecule has 2 N–H and O–H groups in total. The summed E-state index contributed by atoms with van der Waals surface area (Å²) in [6, 6.07) is -0.269. The molecule has 96 valence electrons. The summed E-state index contributed by atoms with van der Waals surface area (Å²) < 4.78 is 5.06. The number of carbonyl (C=O) groups excluding carboxylic acids is 1. The number of hydrogen-bond donors (Lipinski definition) is 1. The van der Waals surface area contributed by atoms with Crippen molar-refractivity contribution in [2.45, 2.75) is 52.1 Å². The predicted octanol–water partition coefficient (Wildman–Crippen LogP) is 1.39. The lowest BCUT2D eigenvalue weighted by Crippen LogP contribution is -2.49. The number of carbonyl (C=O) groups is 1. The van der Waals surface area contributed by atoms with Crippen LogP contribution in [0.15, 0.2) is 0 Å². The van der Waals surface area contributed by atoms with Gasteiger partial charge >= 0.3 is 0 Å². The van der Waals surface area contributed by atoms with Crippen LogP contribution in [0.5, 0.6) is 0 Å². The third-order valence-electron chi connectivity index (χ3n) is 2.75. The maximum atomic E-state index is 12.0. The van der Waals surface area contributed by atoms with Crippen LogP contribution in [0, 0.1) is 0 Å². The Morgan fingerprint density at radius 1 is 1.44 bits per heavy atom. The van der Waals surface area contributed by atoms with Gasteiger partial charge in [0.2, 0.25) is 5.91 Å². The molecule has 0 aliphatic rings. The first-order valence-corrected chi connectivity index (χ1v) is 6.13. The van der Waals surface area contributed by atoms with E-state index in [4.69, 9.17) is 10.5 Å². The predicted molar refractivity (Wildman–Crippen MR) is 66.2 cm³/mol. The minimum atomic E-state index is -0.362. The summed E-state index contributed by atoms with van der Waals surface area (Å²) in [5.41, 5.74) is 5.88. The first-order chi connectivity index (χ1) is 7.58. The Morgan fingerprint density at radius 3 is 2.50 bits per heavy atom. The second-order valence-electron chi connectivity index (χ2n) is 4.18. The second-order valence-corrected chi connectivity index (χ2v) is 4.18. The molecule has 0 spiro atoms. The zero-order chi connectivity index (χ0) is 12.6. The molecule has 2 atom stereocenters. The lowest BCUT2D eigenvalue weighted by atomic mass is 10.1. The molecule has 4 nitrogen and oxygen atoms in total. The monoisotopic (exact) mass is 230 g/mol. The number of ether oxygens (including phenoxy) is 1. The molecular weight excluding hydrogens is 204 g/mol. The number of amides is 1. The first kappa shape index (κ1) is 15.4. The summed E-state index contributed by atoms with van der Waals surface area (Å²) in [5.74, 6) is 0.0421. The minimum Gasteiger partial charge on any atom is -0.383 e. The Kier molecular flexibility index (Phi) is 8.21. The molecule has 0 saturated carbocycles. The Hall–Kier alpha value is -0.610. The number of methoxy groups -OCH3 is 1. The molecular formula is C12H26N2O2. The third-order valence-corrected chi connectivity index (χ3v) is 2.75. The fourth-order valence-corrected chi connectivity index (χ4v) is 1.78. The van der Waals surface area contributed by atoms with Crippen LogP contribution in [-0.2, 0) is 9.53 Å². The third kappa shape index (κ3) is 4.94. The van der Waals surface area contributed by atoms with E-state index in [0.717, 1.165) is 19.3 Å². The van der Waals surface area contributed by atoms with Crippen LogP contribution in [0.4, 0.5) is 0 Å². The summed E-state index contributed by atoms with van der Waals surface area (Å²) in [7, 11) is 1.64. The molecule has 0 fully saturated rings. The molecule has 1 unspecified atom stereocenters. The van der Waals surface area contributed by atoms with Crippen LogP contribution in [0.3, 0.4) is 0 Å². The number of rotatable bonds is 8. The summed E-state index contributed by atoms with van der Waals surface area (Å²) in [5, 5.41) is 0. The molecule has 0 heterocycles. The van der Waals surface area contributed by atoms with Gasteiger partial charge in [-0.1, -0.05) is 19.8 Å². The van der Waals surface area contributed by atoms with E-state index in [1.165, 1.54) is 0 Å². The standard InChI is InChI=1S/C12H26N2O2/c1-5-7-8-11(13)12(15)14(6-2)10(3)9-16-4/h10-11H,5-9,13H2,1-4H3/t10?,11-/m0/s1. The molecule has 0 aliphatic carbocycles. The van der Waals surface area contributed by atoms with E-state index in [1.54, 1.807) is 12.0 Å². The maximum absolute atomic E-state index is 12.0. The van der Waals surface area contributed by atoms with Gasteiger partial charge in [0.15, 0.2) is 0 Å². The Labute approximate surface area is 99.1 Å². The van der Waals surface area contributed by atoms with E-state index in [-0.39, 0.29) is 18.0 Å². The highest BCUT2D eigenvalue weighted by atomic mass is 16.5. The molecule has 1 amide bonds. The molecule has 0 bridgehead atoms. The molecule has 0 radical (unpaired) electrons. The fourth-order valence-electron chi connectivity index (χ4n) is 1.78. The van der Waals surface area contributed by atoms with Gasteiger partial charge in [-0.3, -0.25) is 4.79 Å². The fraction of sp³-hybridized carbons (Fsp3) is 0.917. The van der Waals surface area contributed by atoms with E-state index in [0.29, 0.717) is 13.2 Å². The Bertz CT molecular complexity index is 197. The second kappa shape index (κ2) is 8.53. The summed E-state index contributed by atoms with van der Waals surface area (Å²) >= 11 is 0. The zero-order valence-corrected chi connectivity index (χ0v) is 11.0. The zero-order valence-electron chi connectivity index (χ0n) is 11.0. The van der Waals surface area contributed by atoms with E-state index in [2.05, 4.69) is 6.92 Å². The number of hydrogen-bond acceptors (Lipinski definition) is 3. The average molecular weight is 230 g/mol. The van der Waals surface area contributed by atoms with Crippen LogP contribution < -0.4 is 5.73 Å². The van der Waals surface area contributed by atoms with Crippen LogP contribution >= 0.6 is 0 Å². The number of nitrogens with zero attached hydrogens (tertiary/aromatic N) is 1. The quantitative estimate of drug-likeness (QED) is 0.685. The largest absolute Gasteiger partial charge is 0.383 e. The number of unbranched alkanes of at least 4 members (excludes halogenated alkanes) is 1. The van der Waals surface area contributed by atoms with Crippen molar-refractivity contribution in [2.75, 3.05) is 20.3 Å². The van der Waals surface area contributed by atoms with Crippen LogP contribution in [0.1, 0.15) is 40.0 Å². The van der Waals surface area contributed by atoms with Crippen molar-refractivity contribution in [3.05, 3.63) is 0 Å². The summed E-state index contributed by atoms with van der Waals surface area (Å²) in [6.45, 7) is 7.29. The molecule has 0 aromatic rings. The van der Waals surface area contributed by atoms with Crippen LogP contribution in [-0.4, -0.2) is 43.2 Å². The molecule has 0 aromatic carbocycles. The van der Waals surface area contributed by atoms with Gasteiger partial charge < -0.3 is 15.4 Å². The average Bonchev–Trinajstić information content (AvgIpc) is 2.27. The van der Waals surface area contributed by atoms with Gasteiger partial charge in [-0.05, 0) is 20.3 Å². The van der Waals surface area contributed by atoms with Gasteiger partial charge in [0, 0.05) is 13.7 Å².